The van der Waals surface area contributed by atoms with Gasteiger partial charge in [-0.25, -0.2) is 9.97 Å². The van der Waals surface area contributed by atoms with Gasteiger partial charge >= 0.3 is 0 Å². The molecular formula is C24H24N4O2. The monoisotopic (exact) mass is 400 g/mol. The van der Waals surface area contributed by atoms with Crippen molar-refractivity contribution in [2.24, 2.45) is 0 Å². The van der Waals surface area contributed by atoms with Gasteiger partial charge in [-0.3, -0.25) is 4.79 Å². The SMILES string of the molecule is C=CC(=O)N1CCCC(Nc2ncncc2-c2ccc(Oc3ccccc3)cc2)C1. The summed E-state index contributed by atoms with van der Waals surface area (Å²) in [5.41, 5.74) is 1.91. The number of ether oxygens (including phenoxy) is 1. The topological polar surface area (TPSA) is 67.4 Å². The van der Waals surface area contributed by atoms with Crippen LogP contribution in [0.3, 0.4) is 0 Å². The minimum absolute atomic E-state index is 0.0292. The van der Waals surface area contributed by atoms with Gasteiger partial charge in [-0.2, -0.15) is 0 Å². The van der Waals surface area contributed by atoms with Crippen LogP contribution in [0, 0.1) is 0 Å². The van der Waals surface area contributed by atoms with Crippen molar-refractivity contribution in [3.05, 3.63) is 79.8 Å². The average Bonchev–Trinajstić information content (AvgIpc) is 2.80. The van der Waals surface area contributed by atoms with Crippen LogP contribution in [0.2, 0.25) is 0 Å². The Labute approximate surface area is 176 Å². The van der Waals surface area contributed by atoms with Crippen molar-refractivity contribution in [3.63, 3.8) is 0 Å². The molecule has 152 valence electrons. The molecule has 2 aromatic carbocycles. The Morgan fingerprint density at radius 3 is 2.67 bits per heavy atom. The van der Waals surface area contributed by atoms with Crippen molar-refractivity contribution in [2.45, 2.75) is 18.9 Å². The highest BCUT2D eigenvalue weighted by molar-refractivity contribution is 5.87. The van der Waals surface area contributed by atoms with Gasteiger partial charge in [0.2, 0.25) is 5.91 Å². The number of hydrogen-bond acceptors (Lipinski definition) is 5. The molecule has 0 saturated carbocycles. The first-order valence-electron chi connectivity index (χ1n) is 10.0. The zero-order valence-electron chi connectivity index (χ0n) is 16.7. The summed E-state index contributed by atoms with van der Waals surface area (Å²) in [6, 6.07) is 17.7. The number of carbonyl (C=O) groups excluding carboxylic acids is 1. The summed E-state index contributed by atoms with van der Waals surface area (Å²) in [5.74, 6) is 2.30. The number of anilines is 1. The van der Waals surface area contributed by atoms with Crippen molar-refractivity contribution < 1.29 is 9.53 Å². The lowest BCUT2D eigenvalue weighted by atomic mass is 10.0. The molecule has 6 heteroatoms. The summed E-state index contributed by atoms with van der Waals surface area (Å²) in [4.78, 5) is 22.4. The summed E-state index contributed by atoms with van der Waals surface area (Å²) in [6.07, 6.45) is 6.64. The van der Waals surface area contributed by atoms with Gasteiger partial charge in [0.25, 0.3) is 0 Å². The number of benzene rings is 2. The maximum atomic E-state index is 12.0. The van der Waals surface area contributed by atoms with Crippen LogP contribution in [0.1, 0.15) is 12.8 Å². The first-order chi connectivity index (χ1) is 14.7. The number of piperidine rings is 1. The molecule has 1 saturated heterocycles. The number of para-hydroxylation sites is 1. The maximum absolute atomic E-state index is 12.0. The molecule has 1 aliphatic rings. The van der Waals surface area contributed by atoms with E-state index in [1.54, 1.807) is 6.20 Å². The fourth-order valence-corrected chi connectivity index (χ4v) is 3.60. The van der Waals surface area contributed by atoms with E-state index in [1.165, 1.54) is 12.4 Å². The van der Waals surface area contributed by atoms with E-state index in [-0.39, 0.29) is 11.9 Å². The zero-order valence-corrected chi connectivity index (χ0v) is 16.7. The summed E-state index contributed by atoms with van der Waals surface area (Å²) < 4.78 is 5.87. The molecule has 1 unspecified atom stereocenters. The molecule has 0 aliphatic carbocycles. The number of nitrogens with zero attached hydrogens (tertiary/aromatic N) is 3. The summed E-state index contributed by atoms with van der Waals surface area (Å²) in [6.45, 7) is 4.99. The van der Waals surface area contributed by atoms with Gasteiger partial charge in [-0.1, -0.05) is 36.9 Å². The Balaban J connectivity index is 1.49. The van der Waals surface area contributed by atoms with Gasteiger partial charge < -0.3 is 15.0 Å². The lowest BCUT2D eigenvalue weighted by Gasteiger charge is -2.33. The van der Waals surface area contributed by atoms with Crippen LogP contribution < -0.4 is 10.1 Å². The standard InChI is InChI=1S/C24H24N4O2/c1-2-23(29)28-14-6-7-19(16-28)27-24-22(15-25-17-26-24)18-10-12-21(13-11-18)30-20-8-4-3-5-9-20/h2-5,8-13,15,17,19H,1,6-7,14,16H2,(H,25,26,27). The van der Waals surface area contributed by atoms with E-state index in [0.717, 1.165) is 47.8 Å². The van der Waals surface area contributed by atoms with E-state index in [0.29, 0.717) is 6.54 Å². The Hall–Kier alpha value is -3.67. The van der Waals surface area contributed by atoms with Crippen molar-refractivity contribution in [1.82, 2.24) is 14.9 Å². The van der Waals surface area contributed by atoms with Crippen LogP contribution in [0.25, 0.3) is 11.1 Å². The molecule has 3 aromatic rings. The van der Waals surface area contributed by atoms with Crippen LogP contribution in [0.4, 0.5) is 5.82 Å². The minimum atomic E-state index is -0.0292. The first-order valence-corrected chi connectivity index (χ1v) is 10.0. The van der Waals surface area contributed by atoms with Crippen LogP contribution in [-0.4, -0.2) is 39.9 Å². The molecular weight excluding hydrogens is 376 g/mol. The fourth-order valence-electron chi connectivity index (χ4n) is 3.60. The largest absolute Gasteiger partial charge is 0.457 e. The molecule has 2 heterocycles. The van der Waals surface area contributed by atoms with Crippen LogP contribution in [0.5, 0.6) is 11.5 Å². The van der Waals surface area contributed by atoms with Crippen molar-refractivity contribution in [3.8, 4) is 22.6 Å². The van der Waals surface area contributed by atoms with Crippen LogP contribution in [-0.2, 0) is 4.79 Å². The first kappa shape index (κ1) is 19.6. The molecule has 1 aromatic heterocycles. The molecule has 0 radical (unpaired) electrons. The maximum Gasteiger partial charge on any atom is 0.246 e. The molecule has 1 aliphatic heterocycles. The molecule has 1 amide bonds. The zero-order chi connectivity index (χ0) is 20.8. The average molecular weight is 400 g/mol. The van der Waals surface area contributed by atoms with E-state index in [4.69, 9.17) is 4.74 Å². The normalized spacial score (nSPS) is 16.0. The highest BCUT2D eigenvalue weighted by Crippen LogP contribution is 2.29. The second-order valence-corrected chi connectivity index (χ2v) is 7.20. The van der Waals surface area contributed by atoms with E-state index in [9.17, 15) is 4.79 Å². The number of rotatable bonds is 6. The predicted octanol–water partition coefficient (Wildman–Crippen LogP) is 4.52. The number of amides is 1. The van der Waals surface area contributed by atoms with E-state index < -0.39 is 0 Å². The third-order valence-corrected chi connectivity index (χ3v) is 5.11. The quantitative estimate of drug-likeness (QED) is 0.616. The fraction of sp³-hybridized carbons (Fsp3) is 0.208. The highest BCUT2D eigenvalue weighted by atomic mass is 16.5. The molecule has 0 bridgehead atoms. The molecule has 6 nitrogen and oxygen atoms in total. The lowest BCUT2D eigenvalue weighted by molar-refractivity contribution is -0.127. The van der Waals surface area contributed by atoms with Crippen LogP contribution in [0.15, 0.2) is 79.8 Å². The number of carbonyl (C=O) groups is 1. The van der Waals surface area contributed by atoms with E-state index >= 15 is 0 Å². The minimum Gasteiger partial charge on any atom is -0.457 e. The summed E-state index contributed by atoms with van der Waals surface area (Å²) >= 11 is 0. The molecule has 4 rings (SSSR count). The van der Waals surface area contributed by atoms with Crippen LogP contribution >= 0.6 is 0 Å². The number of likely N-dealkylation sites (tertiary alicyclic amines) is 1. The predicted molar refractivity (Wildman–Crippen MR) is 117 cm³/mol. The third kappa shape index (κ3) is 4.66. The summed E-state index contributed by atoms with van der Waals surface area (Å²) in [7, 11) is 0. The van der Waals surface area contributed by atoms with Gasteiger partial charge in [0.15, 0.2) is 0 Å². The lowest BCUT2D eigenvalue weighted by Crippen LogP contribution is -2.44. The third-order valence-electron chi connectivity index (χ3n) is 5.11. The Bertz CT molecular complexity index is 1010. The highest BCUT2D eigenvalue weighted by Gasteiger charge is 2.23. The number of hydrogen-bond donors (Lipinski definition) is 1. The number of nitrogens with one attached hydrogen (secondary N) is 1. The van der Waals surface area contributed by atoms with Gasteiger partial charge in [0, 0.05) is 30.9 Å². The Kier molecular flexibility index (Phi) is 6.03. The van der Waals surface area contributed by atoms with Crippen molar-refractivity contribution in [2.75, 3.05) is 18.4 Å². The molecule has 30 heavy (non-hydrogen) atoms. The Morgan fingerprint density at radius 2 is 1.90 bits per heavy atom. The van der Waals surface area contributed by atoms with Crippen molar-refractivity contribution >= 4 is 11.7 Å². The number of aromatic nitrogens is 2. The molecule has 1 atom stereocenters. The van der Waals surface area contributed by atoms with Gasteiger partial charge in [0.1, 0.15) is 23.6 Å². The smallest absolute Gasteiger partial charge is 0.246 e. The summed E-state index contributed by atoms with van der Waals surface area (Å²) in [5, 5.41) is 3.50. The van der Waals surface area contributed by atoms with E-state index in [1.807, 2.05) is 59.5 Å². The molecule has 0 spiro atoms. The van der Waals surface area contributed by atoms with Gasteiger partial charge in [0.05, 0.1) is 0 Å². The van der Waals surface area contributed by atoms with Gasteiger partial charge in [-0.05, 0) is 48.7 Å². The van der Waals surface area contributed by atoms with Gasteiger partial charge in [-0.15, -0.1) is 0 Å². The Morgan fingerprint density at radius 1 is 1.13 bits per heavy atom. The second-order valence-electron chi connectivity index (χ2n) is 7.20. The molecule has 1 fully saturated rings. The van der Waals surface area contributed by atoms with Crippen molar-refractivity contribution in [1.29, 1.82) is 0 Å². The second kappa shape index (κ2) is 9.22. The molecule has 1 N–H and O–H groups in total. The van der Waals surface area contributed by atoms with E-state index in [2.05, 4.69) is 21.9 Å².